The topological polar surface area (TPSA) is 145 Å². The van der Waals surface area contributed by atoms with Gasteiger partial charge in [-0.3, -0.25) is 23.7 Å². The van der Waals surface area contributed by atoms with E-state index in [4.69, 9.17) is 23.9 Å². The number of ether oxygens (including phenoxy) is 2. The average molecular weight is 812 g/mol. The second-order valence-corrected chi connectivity index (χ2v) is 16.2. The van der Waals surface area contributed by atoms with Crippen LogP contribution in [0.25, 0.3) is 16.3 Å². The van der Waals surface area contributed by atoms with Crippen molar-refractivity contribution in [1.29, 1.82) is 0 Å². The fourth-order valence-corrected chi connectivity index (χ4v) is 9.88. The monoisotopic (exact) mass is 811 g/mol. The van der Waals surface area contributed by atoms with Crippen LogP contribution in [0.3, 0.4) is 0 Å². The van der Waals surface area contributed by atoms with Gasteiger partial charge in [0.1, 0.15) is 5.76 Å². The number of allylic oxidation sites excluding steroid dienone is 1. The maximum absolute atomic E-state index is 14.3. The summed E-state index contributed by atoms with van der Waals surface area (Å²) in [6.45, 7) is 1.76. The zero-order valence-electron chi connectivity index (χ0n) is 30.3. The van der Waals surface area contributed by atoms with E-state index < -0.39 is 6.04 Å². The van der Waals surface area contributed by atoms with Gasteiger partial charge in [0.05, 0.1) is 63.1 Å². The number of nitrogens with zero attached hydrogens (tertiary/aromatic N) is 4. The third-order valence-electron chi connectivity index (χ3n) is 9.49. The minimum absolute atomic E-state index is 0.313. The third kappa shape index (κ3) is 6.44. The van der Waals surface area contributed by atoms with E-state index in [2.05, 4.69) is 5.32 Å². The number of methoxy groups -OCH3 is 2. The molecule has 15 heteroatoms. The van der Waals surface area contributed by atoms with Gasteiger partial charge >= 0.3 is 0 Å². The molecule has 5 heterocycles. The first kappa shape index (κ1) is 36.1. The normalized spacial score (nSPS) is 15.2. The number of furan rings is 1. The van der Waals surface area contributed by atoms with Gasteiger partial charge in [0.25, 0.3) is 23.3 Å². The Hall–Kier alpha value is -6.55. The predicted octanol–water partition coefficient (Wildman–Crippen LogP) is 7.05. The summed E-state index contributed by atoms with van der Waals surface area (Å²) in [4.78, 5) is 65.5. The Balaban J connectivity index is 1.02. The fraction of sp³-hybridized carbons (Fsp3) is 0.0952. The summed E-state index contributed by atoms with van der Waals surface area (Å²) in [6.07, 6.45) is 1.66. The molecule has 0 fully saturated rings. The van der Waals surface area contributed by atoms with Gasteiger partial charge in [-0.15, -0.1) is 11.3 Å². The van der Waals surface area contributed by atoms with Crippen LogP contribution in [0.5, 0.6) is 11.5 Å². The molecule has 1 atom stereocenters. The Kier molecular flexibility index (Phi) is 9.19. The van der Waals surface area contributed by atoms with Crippen molar-refractivity contribution in [2.45, 2.75) is 22.4 Å². The summed E-state index contributed by atoms with van der Waals surface area (Å²) in [5.41, 5.74) is 3.64. The molecular formula is C42H29N5O7S3. The van der Waals surface area contributed by atoms with Crippen LogP contribution in [0.4, 0.5) is 11.4 Å². The highest BCUT2D eigenvalue weighted by molar-refractivity contribution is 8.01. The van der Waals surface area contributed by atoms with Gasteiger partial charge in [0, 0.05) is 11.8 Å². The number of hydrogen-bond acceptors (Lipinski definition) is 12. The molecule has 7 aromatic rings. The van der Waals surface area contributed by atoms with Gasteiger partial charge in [0.15, 0.2) is 25.7 Å². The summed E-state index contributed by atoms with van der Waals surface area (Å²) in [5.74, 6) is 0.297. The first-order valence-electron chi connectivity index (χ1n) is 17.5. The number of hydrogen-bond donors (Lipinski definition) is 1. The van der Waals surface area contributed by atoms with Crippen LogP contribution in [-0.2, 0) is 4.79 Å². The van der Waals surface area contributed by atoms with Gasteiger partial charge in [-0.1, -0.05) is 47.7 Å². The molecule has 0 bridgehead atoms. The predicted molar refractivity (Wildman–Crippen MR) is 218 cm³/mol. The molecule has 4 aromatic carbocycles. The van der Waals surface area contributed by atoms with Crippen LogP contribution in [0.1, 0.15) is 45.0 Å². The van der Waals surface area contributed by atoms with E-state index in [1.54, 1.807) is 105 Å². The summed E-state index contributed by atoms with van der Waals surface area (Å²) in [6, 6.07) is 29.2. The maximum Gasteiger partial charge on any atom is 0.271 e. The highest BCUT2D eigenvalue weighted by Crippen LogP contribution is 2.39. The van der Waals surface area contributed by atoms with Crippen LogP contribution >= 0.6 is 34.4 Å². The second-order valence-electron chi connectivity index (χ2n) is 12.9. The molecule has 0 unspecified atom stereocenters. The zero-order chi connectivity index (χ0) is 39.4. The molecule has 2 aliphatic rings. The number of amides is 3. The highest BCUT2D eigenvalue weighted by atomic mass is 32.2. The lowest BCUT2D eigenvalue weighted by atomic mass is 9.94. The third-order valence-corrected chi connectivity index (χ3v) is 12.5. The lowest BCUT2D eigenvalue weighted by Gasteiger charge is -2.26. The minimum Gasteiger partial charge on any atom is -0.493 e. The van der Waals surface area contributed by atoms with E-state index in [1.165, 1.54) is 51.0 Å². The Morgan fingerprint density at radius 1 is 0.860 bits per heavy atom. The molecule has 0 aliphatic carbocycles. The number of benzene rings is 4. The van der Waals surface area contributed by atoms with Gasteiger partial charge in [-0.05, 0) is 91.0 Å². The van der Waals surface area contributed by atoms with Gasteiger partial charge in [-0.2, -0.15) is 0 Å². The molecule has 0 saturated heterocycles. The lowest BCUT2D eigenvalue weighted by molar-refractivity contribution is -0.113. The molecular weight excluding hydrogens is 783 g/mol. The number of para-hydroxylation sites is 1. The number of carbonyl (C=O) groups excluding carboxylic acids is 3. The number of rotatable bonds is 9. The van der Waals surface area contributed by atoms with Crippen molar-refractivity contribution in [2.75, 3.05) is 24.4 Å². The van der Waals surface area contributed by atoms with E-state index in [0.29, 0.717) is 80.9 Å². The van der Waals surface area contributed by atoms with E-state index in [1.807, 2.05) is 18.2 Å². The van der Waals surface area contributed by atoms with Crippen molar-refractivity contribution in [1.82, 2.24) is 9.55 Å². The highest BCUT2D eigenvalue weighted by Gasteiger charge is 2.37. The molecule has 2 aliphatic heterocycles. The van der Waals surface area contributed by atoms with Crippen molar-refractivity contribution >= 4 is 79.8 Å². The number of imide groups is 1. The Morgan fingerprint density at radius 2 is 1.60 bits per heavy atom. The van der Waals surface area contributed by atoms with Crippen LogP contribution in [0.2, 0.25) is 0 Å². The van der Waals surface area contributed by atoms with E-state index >= 15 is 0 Å². The molecule has 57 heavy (non-hydrogen) atoms. The van der Waals surface area contributed by atoms with Crippen molar-refractivity contribution in [2.24, 2.45) is 4.99 Å². The molecule has 1 N–H and O–H groups in total. The average Bonchev–Trinajstić information content (AvgIpc) is 3.98. The van der Waals surface area contributed by atoms with E-state index in [9.17, 15) is 19.2 Å². The van der Waals surface area contributed by atoms with Crippen molar-refractivity contribution in [3.8, 4) is 11.5 Å². The number of aromatic nitrogens is 2. The molecule has 0 radical (unpaired) electrons. The van der Waals surface area contributed by atoms with Gasteiger partial charge < -0.3 is 19.2 Å². The number of nitrogens with one attached hydrogen (secondary N) is 1. The molecule has 282 valence electrons. The van der Waals surface area contributed by atoms with Crippen LogP contribution < -0.4 is 34.6 Å². The van der Waals surface area contributed by atoms with Gasteiger partial charge in [-0.25, -0.2) is 14.9 Å². The standard InChI is InChI=1S/C42H29N5O7S3/c1-22-35(37(48)44-24-9-5-4-6-10-24)36(23-13-17-30(52-2)31(19-23)53-3)47-40(51)33(55-41(47)43-22)21-26-15-18-34(54-26)57-42-45-29-16-14-25(20-32(29)56-42)46-38(49)27-11-7-8-12-28(27)39(46)50/h4-21,36H,1-3H3,(H,44,48)/b33-21-/t36-/m1/s1. The summed E-state index contributed by atoms with van der Waals surface area (Å²) in [7, 11) is 3.07. The van der Waals surface area contributed by atoms with E-state index in [0.717, 1.165) is 4.70 Å². The van der Waals surface area contributed by atoms with Crippen LogP contribution in [-0.4, -0.2) is 41.5 Å². The molecule has 0 spiro atoms. The molecule has 3 aromatic heterocycles. The Morgan fingerprint density at radius 3 is 2.33 bits per heavy atom. The zero-order valence-corrected chi connectivity index (χ0v) is 32.8. The summed E-state index contributed by atoms with van der Waals surface area (Å²) >= 11 is 3.92. The fourth-order valence-electron chi connectivity index (χ4n) is 6.85. The molecule has 12 nitrogen and oxygen atoms in total. The lowest BCUT2D eigenvalue weighted by Crippen LogP contribution is -2.40. The number of fused-ring (bicyclic) bond motifs is 3. The number of thiazole rings is 2. The first-order chi connectivity index (χ1) is 27.7. The maximum atomic E-state index is 14.3. The molecule has 0 saturated carbocycles. The largest absolute Gasteiger partial charge is 0.493 e. The quantitative estimate of drug-likeness (QED) is 0.152. The van der Waals surface area contributed by atoms with Gasteiger partial charge in [0.2, 0.25) is 0 Å². The van der Waals surface area contributed by atoms with Crippen LogP contribution in [0.15, 0.2) is 138 Å². The minimum atomic E-state index is -0.828. The second kappa shape index (κ2) is 14.5. The number of carbonyl (C=O) groups is 3. The molecule has 9 rings (SSSR count). The van der Waals surface area contributed by atoms with E-state index in [-0.39, 0.29) is 23.3 Å². The Bertz CT molecular complexity index is 2980. The smallest absolute Gasteiger partial charge is 0.271 e. The number of anilines is 2. The molecule has 3 amide bonds. The van der Waals surface area contributed by atoms with Crippen molar-refractivity contribution < 1.29 is 28.3 Å². The van der Waals surface area contributed by atoms with Crippen molar-refractivity contribution in [3.05, 3.63) is 157 Å². The Labute approximate surface area is 336 Å². The summed E-state index contributed by atoms with van der Waals surface area (Å²) in [5, 5.41) is 3.51. The first-order valence-corrected chi connectivity index (χ1v) is 19.9. The SMILES string of the molecule is COc1ccc([C@@H]2C(C(=O)Nc3ccccc3)=C(C)N=c3s/c(=C\c4ccc(Sc5nc6ccc(N7C(=O)c8ccccc8C7=O)cc6s5)o4)c(=O)n32)cc1OC. The van der Waals surface area contributed by atoms with Crippen LogP contribution in [0, 0.1) is 0 Å². The summed E-state index contributed by atoms with van der Waals surface area (Å²) < 4.78 is 20.6. The van der Waals surface area contributed by atoms with Crippen molar-refractivity contribution in [3.63, 3.8) is 0 Å².